The van der Waals surface area contributed by atoms with Gasteiger partial charge in [0.15, 0.2) is 4.38 Å². The van der Waals surface area contributed by atoms with Crippen LogP contribution in [0.2, 0.25) is 0 Å². The number of halogens is 3. The van der Waals surface area contributed by atoms with Gasteiger partial charge in [0.25, 0.3) is 5.56 Å². The number of benzene rings is 1. The van der Waals surface area contributed by atoms with Gasteiger partial charge in [-0.1, -0.05) is 29.6 Å². The maximum absolute atomic E-state index is 12.9. The molecule has 0 bridgehead atoms. The molecule has 1 fully saturated rings. The van der Waals surface area contributed by atoms with Gasteiger partial charge in [-0.25, -0.2) is 4.68 Å². The summed E-state index contributed by atoms with van der Waals surface area (Å²) in [5.41, 5.74) is -0.0120. The zero-order valence-corrected chi connectivity index (χ0v) is 17.2. The molecule has 156 valence electrons. The highest BCUT2D eigenvalue weighted by Gasteiger charge is 2.31. The van der Waals surface area contributed by atoms with Crippen LogP contribution in [0.15, 0.2) is 39.2 Å². The molecule has 0 atom stereocenters. The maximum atomic E-state index is 12.9. The van der Waals surface area contributed by atoms with Crippen molar-refractivity contribution >= 4 is 33.6 Å². The fourth-order valence-electron chi connectivity index (χ4n) is 2.94. The molecule has 12 heteroatoms. The smallest absolute Gasteiger partial charge is 0.312 e. The van der Waals surface area contributed by atoms with Gasteiger partial charge in [0.2, 0.25) is 0 Å². The Kier molecular flexibility index (Phi) is 5.52. The third kappa shape index (κ3) is 3.92. The summed E-state index contributed by atoms with van der Waals surface area (Å²) in [6.45, 7) is 1.37. The number of nitrogens with one attached hydrogen (secondary N) is 1. The van der Waals surface area contributed by atoms with Gasteiger partial charge in [-0.05, 0) is 17.7 Å². The van der Waals surface area contributed by atoms with Gasteiger partial charge in [-0.3, -0.25) is 9.80 Å². The van der Waals surface area contributed by atoms with Crippen LogP contribution in [0.1, 0.15) is 22.7 Å². The topological polar surface area (TPSA) is 86.3 Å². The molecule has 1 aromatic carbocycles. The molecule has 0 unspecified atom stereocenters. The van der Waals surface area contributed by atoms with E-state index in [2.05, 4.69) is 15.5 Å². The van der Waals surface area contributed by atoms with E-state index in [0.29, 0.717) is 33.6 Å². The highest BCUT2D eigenvalue weighted by atomic mass is 32.2. The van der Waals surface area contributed by atoms with Crippen molar-refractivity contribution in [3.63, 3.8) is 0 Å². The summed E-state index contributed by atoms with van der Waals surface area (Å²) in [5, 5.41) is 22.6. The van der Waals surface area contributed by atoms with Crippen molar-refractivity contribution in [1.29, 1.82) is 5.26 Å². The second-order valence-electron chi connectivity index (χ2n) is 6.68. The summed E-state index contributed by atoms with van der Waals surface area (Å²) < 4.78 is 40.6. The van der Waals surface area contributed by atoms with Gasteiger partial charge in [-0.15, -0.1) is 0 Å². The quantitative estimate of drug-likeness (QED) is 0.766. The third-order valence-corrected chi connectivity index (χ3v) is 6.96. The SMILES string of the molecule is CN1N=C(SCc2ccc(C(F)(F)F)cc2C#N)Sc2c1cnn(C1CNC1)c2=O. The Hall–Kier alpha value is -2.49. The lowest BCUT2D eigenvalue weighted by molar-refractivity contribution is -0.137. The van der Waals surface area contributed by atoms with Crippen molar-refractivity contribution in [2.24, 2.45) is 5.10 Å². The first kappa shape index (κ1) is 20.8. The molecule has 1 aromatic heterocycles. The average molecular weight is 452 g/mol. The third-order valence-electron chi connectivity index (χ3n) is 4.72. The molecule has 0 spiro atoms. The van der Waals surface area contributed by atoms with Crippen LogP contribution in [0.4, 0.5) is 18.9 Å². The van der Waals surface area contributed by atoms with Gasteiger partial charge in [0.05, 0.1) is 35.1 Å². The van der Waals surface area contributed by atoms with Crippen LogP contribution >= 0.6 is 23.5 Å². The summed E-state index contributed by atoms with van der Waals surface area (Å²) in [5.74, 6) is 0.252. The summed E-state index contributed by atoms with van der Waals surface area (Å²) in [4.78, 5) is 13.4. The minimum absolute atomic E-state index is 0.0222. The van der Waals surface area contributed by atoms with Crippen LogP contribution in [0.25, 0.3) is 0 Å². The summed E-state index contributed by atoms with van der Waals surface area (Å²) in [7, 11) is 1.70. The van der Waals surface area contributed by atoms with E-state index in [9.17, 15) is 23.2 Å². The monoisotopic (exact) mass is 452 g/mol. The van der Waals surface area contributed by atoms with Crippen molar-refractivity contribution in [2.45, 2.75) is 22.9 Å². The van der Waals surface area contributed by atoms with Crippen molar-refractivity contribution in [2.75, 3.05) is 25.1 Å². The van der Waals surface area contributed by atoms with E-state index >= 15 is 0 Å². The predicted molar refractivity (Wildman–Crippen MR) is 110 cm³/mol. The molecule has 30 heavy (non-hydrogen) atoms. The largest absolute Gasteiger partial charge is 0.416 e. The van der Waals surface area contributed by atoms with Crippen LogP contribution in [-0.4, -0.2) is 34.3 Å². The predicted octanol–water partition coefficient (Wildman–Crippen LogP) is 3.02. The van der Waals surface area contributed by atoms with E-state index in [0.717, 1.165) is 12.1 Å². The van der Waals surface area contributed by atoms with Gasteiger partial charge in [0.1, 0.15) is 4.90 Å². The lowest BCUT2D eigenvalue weighted by Gasteiger charge is -2.29. The minimum atomic E-state index is -4.50. The standard InChI is InChI=1S/C18H15F3N6OS2/c1-26-14-8-24-27(13-6-23-7-13)16(28)15(14)30-17(25-26)29-9-10-2-3-12(18(19,20)21)4-11(10)5-22/h2-4,8,13,23H,6-7,9H2,1H3. The average Bonchev–Trinajstić information content (AvgIpc) is 2.66. The van der Waals surface area contributed by atoms with E-state index in [1.165, 1.54) is 34.3 Å². The minimum Gasteiger partial charge on any atom is -0.312 e. The van der Waals surface area contributed by atoms with Crippen molar-refractivity contribution in [3.05, 3.63) is 51.4 Å². The second-order valence-corrected chi connectivity index (χ2v) is 8.90. The van der Waals surface area contributed by atoms with Crippen molar-refractivity contribution < 1.29 is 13.2 Å². The van der Waals surface area contributed by atoms with E-state index in [1.807, 2.05) is 6.07 Å². The highest BCUT2D eigenvalue weighted by Crippen LogP contribution is 2.37. The van der Waals surface area contributed by atoms with Gasteiger partial charge >= 0.3 is 6.18 Å². The maximum Gasteiger partial charge on any atom is 0.416 e. The normalized spacial score (nSPS) is 16.5. The molecular formula is C18H15F3N6OS2. The number of nitrogens with zero attached hydrogens (tertiary/aromatic N) is 5. The number of alkyl halides is 3. The van der Waals surface area contributed by atoms with E-state index < -0.39 is 11.7 Å². The lowest BCUT2D eigenvalue weighted by atomic mass is 10.1. The molecule has 0 saturated carbocycles. The number of thioether (sulfide) groups is 2. The van der Waals surface area contributed by atoms with Crippen LogP contribution in [0.3, 0.4) is 0 Å². The Bertz CT molecular complexity index is 1120. The molecule has 4 rings (SSSR count). The van der Waals surface area contributed by atoms with E-state index in [4.69, 9.17) is 0 Å². The summed E-state index contributed by atoms with van der Waals surface area (Å²) in [6, 6.07) is 4.97. The molecule has 2 aliphatic heterocycles. The second kappa shape index (κ2) is 7.98. The molecule has 0 amide bonds. The number of rotatable bonds is 3. The fraction of sp³-hybridized carbons (Fsp3) is 0.333. The fourth-order valence-corrected chi connectivity index (χ4v) is 5.12. The number of hydrogen-bond acceptors (Lipinski definition) is 8. The Labute approximate surface area is 177 Å². The number of anilines is 1. The molecule has 3 heterocycles. The lowest BCUT2D eigenvalue weighted by Crippen LogP contribution is -2.48. The molecule has 1 saturated heterocycles. The Morgan fingerprint density at radius 3 is 2.80 bits per heavy atom. The zero-order valence-electron chi connectivity index (χ0n) is 15.6. The van der Waals surface area contributed by atoms with Crippen LogP contribution in [0, 0.1) is 11.3 Å². The number of hydrogen-bond donors (Lipinski definition) is 1. The molecule has 2 aliphatic rings. The Morgan fingerprint density at radius 2 is 2.17 bits per heavy atom. The summed E-state index contributed by atoms with van der Waals surface area (Å²) >= 11 is 2.47. The van der Waals surface area contributed by atoms with Crippen molar-refractivity contribution in [1.82, 2.24) is 15.1 Å². The molecule has 0 aliphatic carbocycles. The van der Waals surface area contributed by atoms with Crippen molar-refractivity contribution in [3.8, 4) is 6.07 Å². The first-order chi connectivity index (χ1) is 14.3. The number of nitriles is 1. The molecular weight excluding hydrogens is 437 g/mol. The van der Waals surface area contributed by atoms with Crippen LogP contribution < -0.4 is 15.9 Å². The molecule has 7 nitrogen and oxygen atoms in total. The van der Waals surface area contributed by atoms with E-state index in [1.54, 1.807) is 18.3 Å². The molecule has 1 N–H and O–H groups in total. The first-order valence-electron chi connectivity index (χ1n) is 8.83. The van der Waals surface area contributed by atoms with Gasteiger partial charge < -0.3 is 5.32 Å². The van der Waals surface area contributed by atoms with Gasteiger partial charge in [-0.2, -0.15) is 28.6 Å². The highest BCUT2D eigenvalue weighted by molar-refractivity contribution is 8.38. The number of hydrazone groups is 1. The number of fused-ring (bicyclic) bond motifs is 1. The van der Waals surface area contributed by atoms with Crippen LogP contribution in [0.5, 0.6) is 0 Å². The summed E-state index contributed by atoms with van der Waals surface area (Å²) in [6.07, 6.45) is -2.90. The Balaban J connectivity index is 1.54. The van der Waals surface area contributed by atoms with Crippen LogP contribution in [-0.2, 0) is 11.9 Å². The van der Waals surface area contributed by atoms with E-state index in [-0.39, 0.29) is 22.9 Å². The molecule has 2 aromatic rings. The first-order valence-corrected chi connectivity index (χ1v) is 10.6. The zero-order chi connectivity index (χ0) is 21.5. The Morgan fingerprint density at radius 1 is 1.40 bits per heavy atom. The van der Waals surface area contributed by atoms with Gasteiger partial charge in [0, 0.05) is 25.9 Å². The molecule has 0 radical (unpaired) electrons. The number of aromatic nitrogens is 2.